The maximum Gasteiger partial charge on any atom is 0.270 e. The van der Waals surface area contributed by atoms with Crippen molar-refractivity contribution < 1.29 is 4.79 Å². The number of carbonyl (C=O) groups excluding carboxylic acids is 1. The Balaban J connectivity index is 1.87. The number of nitrogens with one attached hydrogen (secondary N) is 1. The Kier molecular flexibility index (Phi) is 4.93. The fourth-order valence-electron chi connectivity index (χ4n) is 3.95. The first-order valence-electron chi connectivity index (χ1n) is 9.15. The number of carbonyl (C=O) groups is 1. The number of pyridine rings is 1. The van der Waals surface area contributed by atoms with Crippen molar-refractivity contribution in [1.29, 1.82) is 0 Å². The lowest BCUT2D eigenvalue weighted by atomic mass is 9.74. The van der Waals surface area contributed by atoms with Crippen molar-refractivity contribution in [3.8, 4) is 0 Å². The molecule has 0 radical (unpaired) electrons. The minimum absolute atomic E-state index is 0.113. The molecule has 1 amide bonds. The molecule has 0 spiro atoms. The molecular weight excluding hydrogens is 314 g/mol. The second-order valence-electron chi connectivity index (χ2n) is 7.82. The van der Waals surface area contributed by atoms with E-state index in [1.54, 1.807) is 6.20 Å². The van der Waals surface area contributed by atoms with Crippen LogP contribution in [0.15, 0.2) is 29.3 Å². The highest BCUT2D eigenvalue weighted by atomic mass is 16.2. The monoisotopic (exact) mass is 341 g/mol. The van der Waals surface area contributed by atoms with Crippen molar-refractivity contribution >= 4 is 11.6 Å². The molecule has 5 nitrogen and oxygen atoms in total. The Morgan fingerprint density at radius 1 is 1.36 bits per heavy atom. The molecule has 3 unspecified atom stereocenters. The molecular formula is C20H27N3O2. The van der Waals surface area contributed by atoms with Gasteiger partial charge in [0.05, 0.1) is 0 Å². The minimum atomic E-state index is -0.313. The van der Waals surface area contributed by atoms with Gasteiger partial charge in [0.25, 0.3) is 11.5 Å². The molecule has 3 rings (SSSR count). The Bertz CT molecular complexity index is 840. The van der Waals surface area contributed by atoms with Gasteiger partial charge < -0.3 is 5.32 Å². The Morgan fingerprint density at radius 2 is 2.12 bits per heavy atom. The van der Waals surface area contributed by atoms with Crippen molar-refractivity contribution in [2.45, 2.75) is 53.0 Å². The Hall–Kier alpha value is -2.17. The summed E-state index contributed by atoms with van der Waals surface area (Å²) in [6.07, 6.45) is 6.38. The molecule has 5 heteroatoms. The van der Waals surface area contributed by atoms with E-state index in [4.69, 9.17) is 0 Å². The van der Waals surface area contributed by atoms with Gasteiger partial charge in [0.15, 0.2) is 0 Å². The third-order valence-electron chi connectivity index (χ3n) is 5.45. The number of hydrogen-bond acceptors (Lipinski definition) is 3. The van der Waals surface area contributed by atoms with Crippen LogP contribution >= 0.6 is 0 Å². The van der Waals surface area contributed by atoms with Gasteiger partial charge in [0.2, 0.25) is 0 Å². The molecule has 0 aromatic carbocycles. The minimum Gasteiger partial charge on any atom is -0.349 e. The highest BCUT2D eigenvalue weighted by Crippen LogP contribution is 2.33. The fraction of sp³-hybridized carbons (Fsp3) is 0.550. The van der Waals surface area contributed by atoms with Crippen LogP contribution in [0.2, 0.25) is 0 Å². The average molecular weight is 341 g/mol. The fourth-order valence-corrected chi connectivity index (χ4v) is 3.95. The van der Waals surface area contributed by atoms with Crippen molar-refractivity contribution in [2.24, 2.45) is 17.8 Å². The molecule has 25 heavy (non-hydrogen) atoms. The number of fused-ring (bicyclic) bond motifs is 1. The molecule has 1 fully saturated rings. The molecule has 3 atom stereocenters. The van der Waals surface area contributed by atoms with Crippen LogP contribution in [0.5, 0.6) is 0 Å². The maximum atomic E-state index is 12.8. The van der Waals surface area contributed by atoms with Crippen LogP contribution < -0.4 is 10.9 Å². The quantitative estimate of drug-likeness (QED) is 0.932. The van der Waals surface area contributed by atoms with Crippen LogP contribution in [0.1, 0.15) is 56.0 Å². The first-order valence-corrected chi connectivity index (χ1v) is 9.15. The highest BCUT2D eigenvalue weighted by molar-refractivity contribution is 5.94. The number of aryl methyl sites for hydroxylation is 1. The highest BCUT2D eigenvalue weighted by Gasteiger charge is 2.32. The van der Waals surface area contributed by atoms with Gasteiger partial charge in [-0.25, -0.2) is 4.98 Å². The number of rotatable bonds is 3. The van der Waals surface area contributed by atoms with E-state index in [0.29, 0.717) is 23.4 Å². The first kappa shape index (κ1) is 17.6. The lowest BCUT2D eigenvalue weighted by Gasteiger charge is -2.37. The smallest absolute Gasteiger partial charge is 0.270 e. The van der Waals surface area contributed by atoms with Crippen LogP contribution in [-0.4, -0.2) is 21.3 Å². The summed E-state index contributed by atoms with van der Waals surface area (Å²) in [5, 5.41) is 3.12. The van der Waals surface area contributed by atoms with E-state index in [0.717, 1.165) is 18.4 Å². The predicted octanol–water partition coefficient (Wildman–Crippen LogP) is 3.19. The molecule has 2 aromatic rings. The van der Waals surface area contributed by atoms with Gasteiger partial charge in [-0.1, -0.05) is 27.2 Å². The van der Waals surface area contributed by atoms with E-state index in [-0.39, 0.29) is 23.1 Å². The molecule has 1 N–H and O–H groups in total. The van der Waals surface area contributed by atoms with Gasteiger partial charge in [-0.15, -0.1) is 0 Å². The van der Waals surface area contributed by atoms with E-state index in [2.05, 4.69) is 31.1 Å². The molecule has 2 heterocycles. The van der Waals surface area contributed by atoms with Crippen LogP contribution in [0.3, 0.4) is 0 Å². The van der Waals surface area contributed by atoms with Crippen LogP contribution in [0.4, 0.5) is 0 Å². The standard InChI is InChI=1S/C20H27N3O2/c1-12(2)15-6-5-13(3)9-17(15)22-19(24)16-11-21-18-10-14(4)7-8-23(18)20(16)25/h7-8,10-13,15,17H,5-6,9H2,1-4H3,(H,22,24). The van der Waals surface area contributed by atoms with Crippen molar-refractivity contribution in [2.75, 3.05) is 0 Å². The van der Waals surface area contributed by atoms with Crippen LogP contribution in [0, 0.1) is 24.7 Å². The summed E-state index contributed by atoms with van der Waals surface area (Å²) in [5.74, 6) is 1.26. The van der Waals surface area contributed by atoms with Gasteiger partial charge in [0.1, 0.15) is 11.2 Å². The summed E-state index contributed by atoms with van der Waals surface area (Å²) in [6, 6.07) is 3.80. The normalized spacial score (nSPS) is 23.8. The summed E-state index contributed by atoms with van der Waals surface area (Å²) < 4.78 is 1.44. The number of aromatic nitrogens is 2. The molecule has 0 aliphatic heterocycles. The Morgan fingerprint density at radius 3 is 2.84 bits per heavy atom. The number of hydrogen-bond donors (Lipinski definition) is 1. The largest absolute Gasteiger partial charge is 0.349 e. The van der Waals surface area contributed by atoms with Gasteiger partial charge in [-0.05, 0) is 55.2 Å². The Labute approximate surface area is 148 Å². The second kappa shape index (κ2) is 6.98. The van der Waals surface area contributed by atoms with Gasteiger partial charge in [-0.3, -0.25) is 14.0 Å². The first-order chi connectivity index (χ1) is 11.9. The zero-order valence-electron chi connectivity index (χ0n) is 15.5. The summed E-state index contributed by atoms with van der Waals surface area (Å²) in [7, 11) is 0. The van der Waals surface area contributed by atoms with E-state index < -0.39 is 0 Å². The molecule has 2 aromatic heterocycles. The zero-order valence-corrected chi connectivity index (χ0v) is 15.5. The third kappa shape index (κ3) is 3.60. The summed E-state index contributed by atoms with van der Waals surface area (Å²) >= 11 is 0. The van der Waals surface area contributed by atoms with E-state index in [1.807, 2.05) is 19.1 Å². The van der Waals surface area contributed by atoms with Gasteiger partial charge in [0, 0.05) is 18.4 Å². The number of amides is 1. The van der Waals surface area contributed by atoms with Crippen molar-refractivity contribution in [1.82, 2.24) is 14.7 Å². The second-order valence-corrected chi connectivity index (χ2v) is 7.82. The van der Waals surface area contributed by atoms with Crippen LogP contribution in [-0.2, 0) is 0 Å². The van der Waals surface area contributed by atoms with Crippen molar-refractivity contribution in [3.05, 3.63) is 46.0 Å². The predicted molar refractivity (Wildman–Crippen MR) is 98.8 cm³/mol. The van der Waals surface area contributed by atoms with Gasteiger partial charge in [-0.2, -0.15) is 0 Å². The number of nitrogens with zero attached hydrogens (tertiary/aromatic N) is 2. The molecule has 0 bridgehead atoms. The lowest BCUT2D eigenvalue weighted by Crippen LogP contribution is -2.46. The molecule has 134 valence electrons. The summed E-state index contributed by atoms with van der Waals surface area (Å²) in [6.45, 7) is 8.58. The molecule has 1 aliphatic rings. The topological polar surface area (TPSA) is 63.5 Å². The summed E-state index contributed by atoms with van der Waals surface area (Å²) in [5.41, 5.74) is 1.39. The van der Waals surface area contributed by atoms with Crippen LogP contribution in [0.25, 0.3) is 5.65 Å². The molecule has 1 saturated carbocycles. The van der Waals surface area contributed by atoms with Crippen molar-refractivity contribution in [3.63, 3.8) is 0 Å². The molecule has 0 saturated heterocycles. The maximum absolute atomic E-state index is 12.8. The van der Waals surface area contributed by atoms with E-state index in [9.17, 15) is 9.59 Å². The zero-order chi connectivity index (χ0) is 18.1. The third-order valence-corrected chi connectivity index (χ3v) is 5.45. The molecule has 1 aliphatic carbocycles. The lowest BCUT2D eigenvalue weighted by molar-refractivity contribution is 0.0866. The average Bonchev–Trinajstić information content (AvgIpc) is 2.54. The van der Waals surface area contributed by atoms with Gasteiger partial charge >= 0.3 is 0 Å². The van der Waals surface area contributed by atoms with E-state index in [1.165, 1.54) is 17.0 Å². The summed E-state index contributed by atoms with van der Waals surface area (Å²) in [4.78, 5) is 29.7. The van der Waals surface area contributed by atoms with E-state index >= 15 is 0 Å². The SMILES string of the molecule is Cc1ccn2c(=O)c(C(=O)NC3CC(C)CCC3C(C)C)cnc2c1.